The molecular weight excluding hydrogens is 278 g/mol. The van der Waals surface area contributed by atoms with Crippen LogP contribution in [0.4, 0.5) is 0 Å². The van der Waals surface area contributed by atoms with Crippen molar-refractivity contribution in [2.75, 3.05) is 13.1 Å². The minimum atomic E-state index is 0.437. The van der Waals surface area contributed by atoms with Crippen LogP contribution in [0.5, 0.6) is 5.75 Å². The number of benzene rings is 1. The van der Waals surface area contributed by atoms with Crippen molar-refractivity contribution in [2.45, 2.75) is 33.1 Å². The van der Waals surface area contributed by atoms with Crippen molar-refractivity contribution in [1.82, 2.24) is 5.32 Å². The van der Waals surface area contributed by atoms with Crippen molar-refractivity contribution in [3.63, 3.8) is 0 Å². The van der Waals surface area contributed by atoms with Crippen LogP contribution in [-0.2, 0) is 6.42 Å². The molecule has 0 aromatic heterocycles. The second-order valence-corrected chi connectivity index (χ2v) is 5.88. The lowest BCUT2D eigenvalue weighted by atomic mass is 9.88. The largest absolute Gasteiger partial charge is 0.506 e. The maximum absolute atomic E-state index is 10.2. The molecule has 1 heterocycles. The Bertz CT molecular complexity index is 385. The van der Waals surface area contributed by atoms with Crippen molar-refractivity contribution < 1.29 is 5.11 Å². The number of rotatable bonds is 2. The van der Waals surface area contributed by atoms with Crippen LogP contribution in [0.15, 0.2) is 10.5 Å². The lowest BCUT2D eigenvalue weighted by Gasteiger charge is -2.24. The number of aromatic hydroxyl groups is 1. The zero-order valence-corrected chi connectivity index (χ0v) is 12.1. The molecule has 2 N–H and O–H groups in total. The predicted molar refractivity (Wildman–Crippen MR) is 74.6 cm³/mol. The smallest absolute Gasteiger partial charge is 0.133 e. The average molecular weight is 298 g/mol. The number of aryl methyl sites for hydroxylation is 1. The van der Waals surface area contributed by atoms with E-state index in [1.165, 1.54) is 24.0 Å². The first-order chi connectivity index (χ1) is 8.09. The van der Waals surface area contributed by atoms with Crippen LogP contribution in [0, 0.1) is 19.8 Å². The summed E-state index contributed by atoms with van der Waals surface area (Å²) in [6.45, 7) is 6.43. The Morgan fingerprint density at radius 1 is 1.35 bits per heavy atom. The van der Waals surface area contributed by atoms with Crippen molar-refractivity contribution in [3.8, 4) is 5.75 Å². The SMILES string of the molecule is Cc1cc(Br)c(O)c(CC2CCNCC2)c1C. The maximum atomic E-state index is 10.2. The molecule has 0 radical (unpaired) electrons. The first-order valence-electron chi connectivity index (χ1n) is 6.28. The fourth-order valence-electron chi connectivity index (χ4n) is 2.55. The molecule has 17 heavy (non-hydrogen) atoms. The molecule has 94 valence electrons. The number of phenols is 1. The summed E-state index contributed by atoms with van der Waals surface area (Å²) in [5.74, 6) is 1.14. The molecule has 3 heteroatoms. The monoisotopic (exact) mass is 297 g/mol. The van der Waals surface area contributed by atoms with Crippen LogP contribution < -0.4 is 5.32 Å². The molecule has 1 aromatic carbocycles. The van der Waals surface area contributed by atoms with Gasteiger partial charge in [-0.1, -0.05) is 0 Å². The Hall–Kier alpha value is -0.540. The van der Waals surface area contributed by atoms with Gasteiger partial charge in [-0.15, -0.1) is 0 Å². The minimum Gasteiger partial charge on any atom is -0.506 e. The average Bonchev–Trinajstić information content (AvgIpc) is 2.33. The van der Waals surface area contributed by atoms with E-state index in [1.54, 1.807) is 0 Å². The molecule has 0 unspecified atom stereocenters. The summed E-state index contributed by atoms with van der Waals surface area (Å²) in [7, 11) is 0. The molecule has 2 rings (SSSR count). The molecule has 0 atom stereocenters. The minimum absolute atomic E-state index is 0.437. The van der Waals surface area contributed by atoms with E-state index in [-0.39, 0.29) is 0 Å². The molecule has 0 saturated carbocycles. The molecule has 2 nitrogen and oxygen atoms in total. The second-order valence-electron chi connectivity index (χ2n) is 5.02. The summed E-state index contributed by atoms with van der Waals surface area (Å²) in [5.41, 5.74) is 3.62. The van der Waals surface area contributed by atoms with Gasteiger partial charge in [0.25, 0.3) is 0 Å². The van der Waals surface area contributed by atoms with Gasteiger partial charge in [0.1, 0.15) is 5.75 Å². The molecule has 1 aromatic rings. The van der Waals surface area contributed by atoms with Crippen LogP contribution in [0.3, 0.4) is 0 Å². The van der Waals surface area contributed by atoms with E-state index in [4.69, 9.17) is 0 Å². The van der Waals surface area contributed by atoms with E-state index in [9.17, 15) is 5.11 Å². The first-order valence-corrected chi connectivity index (χ1v) is 7.07. The normalized spacial score (nSPS) is 17.4. The molecule has 1 aliphatic rings. The summed E-state index contributed by atoms with van der Waals surface area (Å²) in [6, 6.07) is 2.00. The van der Waals surface area contributed by atoms with E-state index in [0.717, 1.165) is 29.5 Å². The van der Waals surface area contributed by atoms with E-state index >= 15 is 0 Å². The van der Waals surface area contributed by atoms with Crippen molar-refractivity contribution in [2.24, 2.45) is 5.92 Å². The van der Waals surface area contributed by atoms with Crippen LogP contribution in [-0.4, -0.2) is 18.2 Å². The van der Waals surface area contributed by atoms with Crippen LogP contribution in [0.1, 0.15) is 29.5 Å². The fraction of sp³-hybridized carbons (Fsp3) is 0.571. The molecule has 1 fully saturated rings. The standard InChI is InChI=1S/C14H20BrNO/c1-9-7-13(15)14(17)12(10(9)2)8-11-3-5-16-6-4-11/h7,11,16-17H,3-6,8H2,1-2H3. The van der Waals surface area contributed by atoms with E-state index in [1.807, 2.05) is 6.07 Å². The van der Waals surface area contributed by atoms with Gasteiger partial charge in [-0.3, -0.25) is 0 Å². The maximum Gasteiger partial charge on any atom is 0.133 e. The number of phenolic OH excluding ortho intramolecular Hbond substituents is 1. The van der Waals surface area contributed by atoms with Gasteiger partial charge < -0.3 is 10.4 Å². The highest BCUT2D eigenvalue weighted by Crippen LogP contribution is 2.35. The van der Waals surface area contributed by atoms with Gasteiger partial charge in [0.05, 0.1) is 4.47 Å². The first kappa shape index (κ1) is 12.9. The lowest BCUT2D eigenvalue weighted by molar-refractivity contribution is 0.365. The van der Waals surface area contributed by atoms with E-state index < -0.39 is 0 Å². The van der Waals surface area contributed by atoms with Gasteiger partial charge in [0.2, 0.25) is 0 Å². The number of hydrogen-bond acceptors (Lipinski definition) is 2. The highest BCUT2D eigenvalue weighted by Gasteiger charge is 2.18. The predicted octanol–water partition coefficient (Wildman–Crippen LogP) is 3.31. The molecule has 0 bridgehead atoms. The topological polar surface area (TPSA) is 32.3 Å². The Morgan fingerprint density at radius 2 is 2.00 bits per heavy atom. The van der Waals surface area contributed by atoms with Crippen molar-refractivity contribution in [3.05, 3.63) is 27.2 Å². The molecule has 0 spiro atoms. The van der Waals surface area contributed by atoms with Gasteiger partial charge in [0.15, 0.2) is 0 Å². The molecular formula is C14H20BrNO. The summed E-state index contributed by atoms with van der Waals surface area (Å²) < 4.78 is 0.824. The van der Waals surface area contributed by atoms with Gasteiger partial charge in [0, 0.05) is 0 Å². The fourth-order valence-corrected chi connectivity index (χ4v) is 3.13. The van der Waals surface area contributed by atoms with Crippen LogP contribution in [0.25, 0.3) is 0 Å². The van der Waals surface area contributed by atoms with Gasteiger partial charge in [-0.25, -0.2) is 0 Å². The Balaban J connectivity index is 2.24. The number of nitrogens with one attached hydrogen (secondary N) is 1. The van der Waals surface area contributed by atoms with Crippen LogP contribution in [0.2, 0.25) is 0 Å². The van der Waals surface area contributed by atoms with E-state index in [2.05, 4.69) is 35.1 Å². The van der Waals surface area contributed by atoms with E-state index in [0.29, 0.717) is 11.7 Å². The molecule has 1 saturated heterocycles. The quantitative estimate of drug-likeness (QED) is 0.878. The second kappa shape index (κ2) is 5.40. The lowest BCUT2D eigenvalue weighted by Crippen LogP contribution is -2.28. The summed E-state index contributed by atoms with van der Waals surface area (Å²) in [5, 5.41) is 13.6. The highest BCUT2D eigenvalue weighted by atomic mass is 79.9. The summed E-state index contributed by atoms with van der Waals surface area (Å²) in [4.78, 5) is 0. The Morgan fingerprint density at radius 3 is 2.65 bits per heavy atom. The molecule has 1 aliphatic heterocycles. The summed E-state index contributed by atoms with van der Waals surface area (Å²) >= 11 is 3.43. The van der Waals surface area contributed by atoms with Gasteiger partial charge >= 0.3 is 0 Å². The third kappa shape index (κ3) is 2.83. The summed E-state index contributed by atoms with van der Waals surface area (Å²) in [6.07, 6.45) is 3.43. The third-order valence-electron chi connectivity index (χ3n) is 3.85. The van der Waals surface area contributed by atoms with Crippen LogP contribution >= 0.6 is 15.9 Å². The zero-order chi connectivity index (χ0) is 12.4. The van der Waals surface area contributed by atoms with Crippen molar-refractivity contribution in [1.29, 1.82) is 0 Å². The van der Waals surface area contributed by atoms with Gasteiger partial charge in [-0.05, 0) is 90.8 Å². The third-order valence-corrected chi connectivity index (χ3v) is 4.46. The number of piperidine rings is 1. The van der Waals surface area contributed by atoms with Crippen molar-refractivity contribution >= 4 is 15.9 Å². The molecule has 0 amide bonds. The highest BCUT2D eigenvalue weighted by molar-refractivity contribution is 9.10. The van der Waals surface area contributed by atoms with Gasteiger partial charge in [-0.2, -0.15) is 0 Å². The number of hydrogen-bond donors (Lipinski definition) is 2. The Labute approximate surface area is 112 Å². The number of halogens is 1. The zero-order valence-electron chi connectivity index (χ0n) is 10.5. The Kier molecular flexibility index (Phi) is 4.10. The molecule has 0 aliphatic carbocycles.